The topological polar surface area (TPSA) is 21.3 Å². The maximum Gasteiger partial charge on any atom is 0.0700 e. The molecular formula is C13H25NO. The summed E-state index contributed by atoms with van der Waals surface area (Å²) in [7, 11) is 0. The van der Waals surface area contributed by atoms with E-state index >= 15 is 0 Å². The van der Waals surface area contributed by atoms with Crippen LogP contribution in [0.25, 0.3) is 0 Å². The molecule has 2 fully saturated rings. The normalized spacial score (nSPS) is 40.6. The molecule has 1 aliphatic heterocycles. The van der Waals surface area contributed by atoms with Gasteiger partial charge in [-0.2, -0.15) is 0 Å². The van der Waals surface area contributed by atoms with Crippen molar-refractivity contribution in [3.05, 3.63) is 0 Å². The molecule has 88 valence electrons. The molecule has 1 aliphatic carbocycles. The van der Waals surface area contributed by atoms with Crippen molar-refractivity contribution >= 4 is 0 Å². The van der Waals surface area contributed by atoms with Gasteiger partial charge in [0, 0.05) is 18.7 Å². The van der Waals surface area contributed by atoms with Gasteiger partial charge in [0.25, 0.3) is 0 Å². The van der Waals surface area contributed by atoms with Crippen molar-refractivity contribution < 1.29 is 4.74 Å². The van der Waals surface area contributed by atoms with E-state index in [1.54, 1.807) is 0 Å². The lowest BCUT2D eigenvalue weighted by Crippen LogP contribution is -2.45. The molecule has 1 heterocycles. The van der Waals surface area contributed by atoms with Crippen molar-refractivity contribution in [3.63, 3.8) is 0 Å². The zero-order valence-electron chi connectivity index (χ0n) is 10.4. The van der Waals surface area contributed by atoms with Crippen molar-refractivity contribution in [2.45, 2.75) is 71.1 Å². The van der Waals surface area contributed by atoms with Crippen LogP contribution in [0.2, 0.25) is 0 Å². The molecule has 1 saturated heterocycles. The number of rotatable bonds is 2. The fourth-order valence-corrected chi connectivity index (χ4v) is 3.09. The Morgan fingerprint density at radius 1 is 1.27 bits per heavy atom. The van der Waals surface area contributed by atoms with Crippen molar-refractivity contribution in [2.75, 3.05) is 6.61 Å². The van der Waals surface area contributed by atoms with Crippen LogP contribution in [-0.2, 0) is 4.74 Å². The summed E-state index contributed by atoms with van der Waals surface area (Å²) in [5.41, 5.74) is 0.540. The number of hydrogen-bond acceptors (Lipinski definition) is 2. The molecule has 0 radical (unpaired) electrons. The van der Waals surface area contributed by atoms with Gasteiger partial charge in [0.05, 0.1) is 6.10 Å². The highest BCUT2D eigenvalue weighted by atomic mass is 16.5. The molecule has 1 N–H and O–H groups in total. The Kier molecular flexibility index (Phi) is 3.36. The van der Waals surface area contributed by atoms with E-state index in [0.717, 1.165) is 12.6 Å². The van der Waals surface area contributed by atoms with Crippen LogP contribution < -0.4 is 5.32 Å². The van der Waals surface area contributed by atoms with E-state index < -0.39 is 0 Å². The number of hydrogen-bond donors (Lipinski definition) is 1. The summed E-state index contributed by atoms with van der Waals surface area (Å²) in [4.78, 5) is 0. The molecule has 3 atom stereocenters. The van der Waals surface area contributed by atoms with Crippen LogP contribution in [0.5, 0.6) is 0 Å². The fourth-order valence-electron chi connectivity index (χ4n) is 3.09. The molecule has 0 spiro atoms. The van der Waals surface area contributed by atoms with Gasteiger partial charge >= 0.3 is 0 Å². The molecule has 0 bridgehead atoms. The van der Waals surface area contributed by atoms with Crippen molar-refractivity contribution in [1.82, 2.24) is 5.32 Å². The lowest BCUT2D eigenvalue weighted by molar-refractivity contribution is 0.104. The quantitative estimate of drug-likeness (QED) is 0.758. The van der Waals surface area contributed by atoms with Gasteiger partial charge in [-0.3, -0.25) is 0 Å². The van der Waals surface area contributed by atoms with Crippen LogP contribution in [0.3, 0.4) is 0 Å². The van der Waals surface area contributed by atoms with Gasteiger partial charge in [-0.05, 0) is 38.0 Å². The Hall–Kier alpha value is -0.0800. The van der Waals surface area contributed by atoms with Crippen LogP contribution >= 0.6 is 0 Å². The first-order chi connectivity index (χ1) is 7.07. The summed E-state index contributed by atoms with van der Waals surface area (Å²) in [6, 6.07) is 1.33. The largest absolute Gasteiger partial charge is 0.377 e. The molecule has 1 saturated carbocycles. The second-order valence-corrected chi connectivity index (χ2v) is 6.10. The standard InChI is InChI=1S/C13H25NO/c1-10-12(6-8-15-10)14-11-5-4-7-13(2,3)9-11/h10-12,14H,4-9H2,1-3H3. The third-order valence-corrected chi connectivity index (χ3v) is 4.03. The lowest BCUT2D eigenvalue weighted by Gasteiger charge is -2.37. The Morgan fingerprint density at radius 2 is 2.07 bits per heavy atom. The minimum absolute atomic E-state index is 0.412. The summed E-state index contributed by atoms with van der Waals surface area (Å²) in [6.45, 7) is 7.93. The second kappa shape index (κ2) is 4.42. The van der Waals surface area contributed by atoms with Crippen molar-refractivity contribution in [1.29, 1.82) is 0 Å². The average molecular weight is 211 g/mol. The van der Waals surface area contributed by atoms with Crippen LogP contribution in [0.4, 0.5) is 0 Å². The van der Waals surface area contributed by atoms with Gasteiger partial charge in [-0.15, -0.1) is 0 Å². The zero-order valence-corrected chi connectivity index (χ0v) is 10.4. The molecule has 2 heteroatoms. The van der Waals surface area contributed by atoms with E-state index in [0.29, 0.717) is 17.6 Å². The highest BCUT2D eigenvalue weighted by Gasteiger charge is 2.32. The van der Waals surface area contributed by atoms with E-state index in [1.165, 1.54) is 32.1 Å². The molecular weight excluding hydrogens is 186 g/mol. The minimum Gasteiger partial charge on any atom is -0.377 e. The van der Waals surface area contributed by atoms with Gasteiger partial charge in [0.15, 0.2) is 0 Å². The predicted octanol–water partition coefficient (Wildman–Crippen LogP) is 2.72. The SMILES string of the molecule is CC1OCCC1NC1CCCC(C)(C)C1. The van der Waals surface area contributed by atoms with Crippen LogP contribution in [-0.4, -0.2) is 24.8 Å². The van der Waals surface area contributed by atoms with Crippen LogP contribution in [0, 0.1) is 5.41 Å². The highest BCUT2D eigenvalue weighted by molar-refractivity contribution is 4.88. The van der Waals surface area contributed by atoms with Gasteiger partial charge in [0.1, 0.15) is 0 Å². The molecule has 2 aliphatic rings. The average Bonchev–Trinajstić information content (AvgIpc) is 2.50. The fraction of sp³-hybridized carbons (Fsp3) is 1.00. The molecule has 0 aromatic carbocycles. The van der Waals surface area contributed by atoms with Gasteiger partial charge in [-0.1, -0.05) is 20.3 Å². The van der Waals surface area contributed by atoms with Crippen LogP contribution in [0.15, 0.2) is 0 Å². The van der Waals surface area contributed by atoms with E-state index in [9.17, 15) is 0 Å². The Labute approximate surface area is 93.8 Å². The van der Waals surface area contributed by atoms with Crippen LogP contribution in [0.1, 0.15) is 52.9 Å². The Balaban J connectivity index is 1.83. The Bertz CT molecular complexity index is 215. The summed E-state index contributed by atoms with van der Waals surface area (Å²) in [5.74, 6) is 0. The molecule has 15 heavy (non-hydrogen) atoms. The van der Waals surface area contributed by atoms with E-state index in [2.05, 4.69) is 26.1 Å². The first kappa shape index (κ1) is 11.4. The third-order valence-electron chi connectivity index (χ3n) is 4.03. The molecule has 0 aromatic heterocycles. The molecule has 2 rings (SSSR count). The van der Waals surface area contributed by atoms with Gasteiger partial charge in [0.2, 0.25) is 0 Å². The smallest absolute Gasteiger partial charge is 0.0700 e. The van der Waals surface area contributed by atoms with E-state index in [-0.39, 0.29) is 0 Å². The van der Waals surface area contributed by atoms with E-state index in [4.69, 9.17) is 4.74 Å². The summed E-state index contributed by atoms with van der Waals surface area (Å²) >= 11 is 0. The summed E-state index contributed by atoms with van der Waals surface area (Å²) < 4.78 is 5.60. The molecule has 3 unspecified atom stereocenters. The lowest BCUT2D eigenvalue weighted by atomic mass is 9.75. The third kappa shape index (κ3) is 2.94. The second-order valence-electron chi connectivity index (χ2n) is 6.10. The number of nitrogens with one attached hydrogen (secondary N) is 1. The van der Waals surface area contributed by atoms with Gasteiger partial charge < -0.3 is 10.1 Å². The zero-order chi connectivity index (χ0) is 10.9. The first-order valence-corrected chi connectivity index (χ1v) is 6.44. The Morgan fingerprint density at radius 3 is 2.67 bits per heavy atom. The van der Waals surface area contributed by atoms with Gasteiger partial charge in [-0.25, -0.2) is 0 Å². The van der Waals surface area contributed by atoms with Crippen molar-refractivity contribution in [3.8, 4) is 0 Å². The maximum atomic E-state index is 5.60. The molecule has 2 nitrogen and oxygen atoms in total. The van der Waals surface area contributed by atoms with E-state index in [1.807, 2.05) is 0 Å². The maximum absolute atomic E-state index is 5.60. The molecule has 0 aromatic rings. The first-order valence-electron chi connectivity index (χ1n) is 6.44. The number of ether oxygens (including phenoxy) is 1. The monoisotopic (exact) mass is 211 g/mol. The highest BCUT2D eigenvalue weighted by Crippen LogP contribution is 2.35. The van der Waals surface area contributed by atoms with Crippen molar-refractivity contribution in [2.24, 2.45) is 5.41 Å². The summed E-state index contributed by atoms with van der Waals surface area (Å²) in [6.07, 6.45) is 7.06. The summed E-state index contributed by atoms with van der Waals surface area (Å²) in [5, 5.41) is 3.80. The molecule has 0 amide bonds. The minimum atomic E-state index is 0.412. The predicted molar refractivity (Wildman–Crippen MR) is 63.0 cm³/mol.